The summed E-state index contributed by atoms with van der Waals surface area (Å²) in [5.41, 5.74) is -2.48. The van der Waals surface area contributed by atoms with Crippen molar-refractivity contribution in [3.05, 3.63) is 98.2 Å². The lowest BCUT2D eigenvalue weighted by Gasteiger charge is -2.14. The third-order valence-corrected chi connectivity index (χ3v) is 6.58. The van der Waals surface area contributed by atoms with Crippen molar-refractivity contribution in [2.75, 3.05) is 11.9 Å². The fourth-order valence-corrected chi connectivity index (χ4v) is 4.37. The van der Waals surface area contributed by atoms with Gasteiger partial charge in [-0.05, 0) is 50.6 Å². The van der Waals surface area contributed by atoms with Gasteiger partial charge in [-0.2, -0.15) is 10.2 Å². The molecule has 5 aromatic rings. The molecule has 0 radical (unpaired) electrons. The van der Waals surface area contributed by atoms with Gasteiger partial charge in [0.1, 0.15) is 11.1 Å². The fraction of sp³-hybridized carbons (Fsp3) is 0.241. The van der Waals surface area contributed by atoms with E-state index in [-0.39, 0.29) is 35.4 Å². The van der Waals surface area contributed by atoms with E-state index in [2.05, 4.69) is 25.6 Å². The summed E-state index contributed by atoms with van der Waals surface area (Å²) < 4.78 is 49.9. The van der Waals surface area contributed by atoms with Crippen LogP contribution in [0.4, 0.5) is 19.0 Å². The summed E-state index contributed by atoms with van der Waals surface area (Å²) in [6.45, 7) is 4.75. The minimum absolute atomic E-state index is 0.160. The predicted octanol–water partition coefficient (Wildman–Crippen LogP) is 3.67. The van der Waals surface area contributed by atoms with Crippen molar-refractivity contribution < 1.29 is 27.8 Å². The molecule has 3 aromatic heterocycles. The van der Waals surface area contributed by atoms with Gasteiger partial charge >= 0.3 is 5.69 Å². The first-order valence-electron chi connectivity index (χ1n) is 13.4. The summed E-state index contributed by atoms with van der Waals surface area (Å²) in [7, 11) is 0. The van der Waals surface area contributed by atoms with E-state index in [0.717, 1.165) is 22.9 Å². The third kappa shape index (κ3) is 5.81. The molecule has 0 bridgehead atoms. The van der Waals surface area contributed by atoms with Crippen LogP contribution in [0.25, 0.3) is 16.7 Å². The van der Waals surface area contributed by atoms with Crippen LogP contribution in [-0.4, -0.2) is 53.1 Å². The van der Waals surface area contributed by atoms with Crippen molar-refractivity contribution >= 4 is 22.6 Å². The minimum Gasteiger partial charge on any atom is -0.453 e. The number of rotatable bonds is 10. The number of H-pyrrole nitrogens is 1. The van der Waals surface area contributed by atoms with Crippen molar-refractivity contribution in [3.63, 3.8) is 0 Å². The molecule has 0 spiro atoms. The van der Waals surface area contributed by atoms with E-state index in [4.69, 9.17) is 4.74 Å². The average molecular weight is 610 g/mol. The highest BCUT2D eigenvalue weighted by Crippen LogP contribution is 2.34. The van der Waals surface area contributed by atoms with Crippen LogP contribution < -0.4 is 21.3 Å². The summed E-state index contributed by atoms with van der Waals surface area (Å²) in [5.74, 6) is -3.74. The molecule has 0 saturated heterocycles. The van der Waals surface area contributed by atoms with Gasteiger partial charge in [0.05, 0.1) is 18.3 Å². The number of benzene rings is 2. The van der Waals surface area contributed by atoms with E-state index in [9.17, 15) is 28.3 Å². The zero-order valence-electron chi connectivity index (χ0n) is 23.6. The second-order valence-electron chi connectivity index (χ2n) is 10.2. The number of aromatic amines is 1. The highest BCUT2D eigenvalue weighted by atomic mass is 19.2. The Morgan fingerprint density at radius 2 is 1.80 bits per heavy atom. The monoisotopic (exact) mass is 609 g/mol. The van der Waals surface area contributed by atoms with Crippen LogP contribution in [0.1, 0.15) is 42.9 Å². The molecule has 12 nitrogen and oxygen atoms in total. The minimum atomic E-state index is -1.29. The van der Waals surface area contributed by atoms with Gasteiger partial charge in [0.2, 0.25) is 0 Å². The maximum absolute atomic E-state index is 15.2. The molecule has 1 atom stereocenters. The normalized spacial score (nSPS) is 12.1. The number of fused-ring (bicyclic) bond motifs is 1. The Hall–Kier alpha value is -5.31. The number of nitrogens with zero attached hydrogens (tertiary/aromatic N) is 5. The molecule has 0 aliphatic carbocycles. The smallest absolute Gasteiger partial charge is 0.352 e. The second-order valence-corrected chi connectivity index (χ2v) is 10.2. The van der Waals surface area contributed by atoms with Crippen molar-refractivity contribution in [2.24, 2.45) is 0 Å². The molecule has 3 N–H and O–H groups in total. The molecule has 2 aromatic carbocycles. The van der Waals surface area contributed by atoms with Crippen molar-refractivity contribution in [1.29, 1.82) is 0 Å². The lowest BCUT2D eigenvalue weighted by molar-refractivity contribution is 0.0982. The number of hydrogen-bond donors (Lipinski definition) is 3. The lowest BCUT2D eigenvalue weighted by Crippen LogP contribution is -2.44. The zero-order chi connectivity index (χ0) is 31.7. The van der Waals surface area contributed by atoms with Gasteiger partial charge in [-0.3, -0.25) is 14.7 Å². The molecular weight excluding hydrogens is 583 g/mol. The van der Waals surface area contributed by atoms with Crippen LogP contribution in [0.3, 0.4) is 0 Å². The number of halogens is 3. The second kappa shape index (κ2) is 12.1. The van der Waals surface area contributed by atoms with Crippen molar-refractivity contribution in [3.8, 4) is 17.2 Å². The summed E-state index contributed by atoms with van der Waals surface area (Å²) >= 11 is 0. The summed E-state index contributed by atoms with van der Waals surface area (Å²) in [6.07, 6.45) is 0.971. The van der Waals surface area contributed by atoms with E-state index in [1.165, 1.54) is 24.4 Å². The van der Waals surface area contributed by atoms with Gasteiger partial charge < -0.3 is 15.2 Å². The maximum atomic E-state index is 15.2. The SMILES string of the molecule is CC(C)n1nc(C(=O)Cc2ccc(Oc3ccnc4[nH]nc(N[C@H](C)CO)c34)c(F)c2)c(=O)n(-c2ccc(F)c(F)c2)c1=O. The lowest BCUT2D eigenvalue weighted by atomic mass is 10.1. The summed E-state index contributed by atoms with van der Waals surface area (Å²) in [6, 6.07) is 6.80. The van der Waals surface area contributed by atoms with E-state index in [0.29, 0.717) is 27.5 Å². The first kappa shape index (κ1) is 30.2. The maximum Gasteiger partial charge on any atom is 0.352 e. The molecule has 3 heterocycles. The van der Waals surface area contributed by atoms with E-state index < -0.39 is 52.6 Å². The first-order valence-corrected chi connectivity index (χ1v) is 13.4. The highest BCUT2D eigenvalue weighted by Gasteiger charge is 2.23. The molecule has 5 rings (SSSR count). The average Bonchev–Trinajstić information content (AvgIpc) is 3.39. The number of carbonyl (C=O) groups excluding carboxylic acids is 1. The largest absolute Gasteiger partial charge is 0.453 e. The highest BCUT2D eigenvalue weighted by molar-refractivity contribution is 5.95. The van der Waals surface area contributed by atoms with E-state index >= 15 is 4.39 Å². The quantitative estimate of drug-likeness (QED) is 0.201. The van der Waals surface area contributed by atoms with Crippen molar-refractivity contribution in [2.45, 2.75) is 39.3 Å². The molecule has 0 fully saturated rings. The molecular formula is C29H26F3N7O5. The van der Waals surface area contributed by atoms with Crippen LogP contribution in [0.5, 0.6) is 11.5 Å². The number of nitrogens with one attached hydrogen (secondary N) is 2. The number of pyridine rings is 1. The Morgan fingerprint density at radius 1 is 1.02 bits per heavy atom. The van der Waals surface area contributed by atoms with Crippen LogP contribution >= 0.6 is 0 Å². The summed E-state index contributed by atoms with van der Waals surface area (Å²) in [5, 5.41) is 23.6. The van der Waals surface area contributed by atoms with Gasteiger partial charge in [0.15, 0.2) is 46.1 Å². The predicted molar refractivity (Wildman–Crippen MR) is 153 cm³/mol. The number of ketones is 1. The molecule has 44 heavy (non-hydrogen) atoms. The molecule has 0 aliphatic heterocycles. The van der Waals surface area contributed by atoms with Gasteiger partial charge in [-0.15, -0.1) is 0 Å². The molecule has 15 heteroatoms. The van der Waals surface area contributed by atoms with Gasteiger partial charge in [0.25, 0.3) is 5.56 Å². The number of aliphatic hydroxyl groups excluding tert-OH is 1. The van der Waals surface area contributed by atoms with Crippen LogP contribution in [0.15, 0.2) is 58.3 Å². The number of aliphatic hydroxyl groups is 1. The molecule has 0 amide bonds. The number of aromatic nitrogens is 6. The Bertz CT molecular complexity index is 2000. The third-order valence-electron chi connectivity index (χ3n) is 6.58. The number of ether oxygens (including phenoxy) is 1. The zero-order valence-corrected chi connectivity index (χ0v) is 23.6. The Balaban J connectivity index is 1.45. The fourth-order valence-electron chi connectivity index (χ4n) is 4.37. The number of carbonyl (C=O) groups is 1. The topological polar surface area (TPSA) is 157 Å². The van der Waals surface area contributed by atoms with Crippen molar-refractivity contribution in [1.82, 2.24) is 29.5 Å². The Kier molecular flexibility index (Phi) is 8.31. The van der Waals surface area contributed by atoms with Crippen LogP contribution in [-0.2, 0) is 6.42 Å². The van der Waals surface area contributed by atoms with Gasteiger partial charge in [0, 0.05) is 30.8 Å². The summed E-state index contributed by atoms with van der Waals surface area (Å²) in [4.78, 5) is 43.7. The molecule has 0 saturated carbocycles. The van der Waals surface area contributed by atoms with Gasteiger partial charge in [-0.1, -0.05) is 6.07 Å². The molecule has 0 aliphatic rings. The van der Waals surface area contributed by atoms with Crippen LogP contribution in [0, 0.1) is 17.5 Å². The first-order chi connectivity index (χ1) is 21.0. The Morgan fingerprint density at radius 3 is 2.48 bits per heavy atom. The number of hydrogen-bond acceptors (Lipinski definition) is 9. The molecule has 228 valence electrons. The van der Waals surface area contributed by atoms with Crippen LogP contribution in [0.2, 0.25) is 0 Å². The van der Waals surface area contributed by atoms with E-state index in [1.807, 2.05) is 0 Å². The van der Waals surface area contributed by atoms with Gasteiger partial charge in [-0.25, -0.2) is 32.2 Å². The number of anilines is 1. The van der Waals surface area contributed by atoms with E-state index in [1.54, 1.807) is 20.8 Å². The Labute approximate surface area is 246 Å². The standard InChI is InChI=1S/C29H26F3N7O5/c1-14(2)39-29(43)38(17-5-6-18(30)19(31)12-17)28(42)25(37-39)21(41)11-16-4-7-22(20(32)10-16)44-23-8-9-33-26-24(23)27(36-35-26)34-15(3)13-40/h4-10,12,14-15,40H,11,13H2,1-3H3,(H2,33,34,35,36)/t15-/m1/s1. The number of Topliss-reactive ketones (excluding diaryl/α,β-unsaturated/α-hetero) is 1. The molecule has 0 unspecified atom stereocenters.